The molecule has 0 saturated heterocycles. The predicted molar refractivity (Wildman–Crippen MR) is 105 cm³/mol. The van der Waals surface area contributed by atoms with Crippen LogP contribution in [0.1, 0.15) is 0 Å². The van der Waals surface area contributed by atoms with Crippen LogP contribution in [0.5, 0.6) is 5.75 Å². The lowest BCUT2D eigenvalue weighted by atomic mass is 10.0. The Labute approximate surface area is 152 Å². The van der Waals surface area contributed by atoms with E-state index in [0.29, 0.717) is 11.4 Å². The summed E-state index contributed by atoms with van der Waals surface area (Å²) in [5.74, 6) is 0.613. The van der Waals surface area contributed by atoms with Gasteiger partial charge in [0.05, 0.1) is 12.0 Å². The van der Waals surface area contributed by atoms with Gasteiger partial charge < -0.3 is 4.74 Å². The molecule has 0 radical (unpaired) electrons. The summed E-state index contributed by atoms with van der Waals surface area (Å²) in [4.78, 5) is 0.192. The summed E-state index contributed by atoms with van der Waals surface area (Å²) in [7, 11) is -2.11. The normalized spacial score (nSPS) is 11.6. The van der Waals surface area contributed by atoms with Crippen LogP contribution in [0.25, 0.3) is 21.5 Å². The van der Waals surface area contributed by atoms with Gasteiger partial charge in [-0.05, 0) is 70.1 Å². The molecule has 0 aliphatic rings. The molecule has 0 aliphatic carbocycles. The van der Waals surface area contributed by atoms with Crippen LogP contribution >= 0.6 is 0 Å². The van der Waals surface area contributed by atoms with Crippen molar-refractivity contribution in [2.75, 3.05) is 11.8 Å². The zero-order valence-corrected chi connectivity index (χ0v) is 15.0. The molecule has 0 aromatic heterocycles. The van der Waals surface area contributed by atoms with Crippen molar-refractivity contribution in [1.29, 1.82) is 0 Å². The van der Waals surface area contributed by atoms with E-state index in [1.807, 2.05) is 30.3 Å². The second kappa shape index (κ2) is 6.35. The summed E-state index contributed by atoms with van der Waals surface area (Å²) in [5.41, 5.74) is 0.531. The second-order valence-corrected chi connectivity index (χ2v) is 7.72. The fourth-order valence-corrected chi connectivity index (χ4v) is 4.02. The molecule has 0 amide bonds. The first-order valence-electron chi connectivity index (χ1n) is 8.15. The highest BCUT2D eigenvalue weighted by molar-refractivity contribution is 7.92. The van der Waals surface area contributed by atoms with Crippen LogP contribution in [0.2, 0.25) is 0 Å². The maximum absolute atomic E-state index is 12.6. The van der Waals surface area contributed by atoms with Gasteiger partial charge in [-0.3, -0.25) is 4.72 Å². The van der Waals surface area contributed by atoms with E-state index in [4.69, 9.17) is 4.74 Å². The summed E-state index contributed by atoms with van der Waals surface area (Å²) in [6, 6.07) is 24.1. The fraction of sp³-hybridized carbons (Fsp3) is 0.0476. The van der Waals surface area contributed by atoms with Gasteiger partial charge in [0.25, 0.3) is 10.0 Å². The lowest BCUT2D eigenvalue weighted by molar-refractivity contribution is 0.414. The van der Waals surface area contributed by atoms with E-state index < -0.39 is 10.0 Å². The number of hydrogen-bond acceptors (Lipinski definition) is 3. The average molecular weight is 363 g/mol. The number of benzene rings is 4. The fourth-order valence-electron chi connectivity index (χ4n) is 2.97. The minimum atomic E-state index is -3.66. The molecule has 26 heavy (non-hydrogen) atoms. The minimum absolute atomic E-state index is 0.192. The van der Waals surface area contributed by atoms with Crippen LogP contribution in [-0.4, -0.2) is 15.5 Å². The minimum Gasteiger partial charge on any atom is -0.497 e. The number of sulfonamides is 1. The Bertz CT molecular complexity index is 1200. The third-order valence-corrected chi connectivity index (χ3v) is 5.72. The Morgan fingerprint density at radius 2 is 1.35 bits per heavy atom. The number of fused-ring (bicyclic) bond motifs is 2. The molecule has 0 aliphatic heterocycles. The average Bonchev–Trinajstić information content (AvgIpc) is 2.66. The third kappa shape index (κ3) is 3.09. The summed E-state index contributed by atoms with van der Waals surface area (Å²) in [6.07, 6.45) is 0. The summed E-state index contributed by atoms with van der Waals surface area (Å²) in [5, 5.41) is 4.33. The number of hydrogen-bond donors (Lipinski definition) is 1. The molecular weight excluding hydrogens is 346 g/mol. The standard InChI is InChI=1S/C21H17NO3S/c1-25-20-8-10-21(11-9-20)26(23,24)22-19-7-6-17-12-15-4-2-3-5-16(15)13-18(17)14-19/h2-14,22H,1H3. The SMILES string of the molecule is COc1ccc(S(=O)(=O)Nc2ccc3cc4ccccc4cc3c2)cc1. The van der Waals surface area contributed by atoms with E-state index in [0.717, 1.165) is 21.5 Å². The van der Waals surface area contributed by atoms with Gasteiger partial charge in [-0.2, -0.15) is 0 Å². The highest BCUT2D eigenvalue weighted by atomic mass is 32.2. The van der Waals surface area contributed by atoms with E-state index in [1.165, 1.54) is 12.1 Å². The monoisotopic (exact) mass is 363 g/mol. The molecule has 5 heteroatoms. The quantitative estimate of drug-likeness (QED) is 0.530. The molecule has 0 saturated carbocycles. The molecule has 0 fully saturated rings. The van der Waals surface area contributed by atoms with E-state index in [9.17, 15) is 8.42 Å². The number of ether oxygens (including phenoxy) is 1. The molecule has 4 aromatic rings. The smallest absolute Gasteiger partial charge is 0.261 e. The van der Waals surface area contributed by atoms with Crippen LogP contribution in [0.4, 0.5) is 5.69 Å². The number of nitrogens with one attached hydrogen (secondary N) is 1. The Morgan fingerprint density at radius 1 is 0.731 bits per heavy atom. The zero-order chi connectivity index (χ0) is 18.1. The summed E-state index contributed by atoms with van der Waals surface area (Å²) >= 11 is 0. The topological polar surface area (TPSA) is 55.4 Å². The number of methoxy groups -OCH3 is 1. The molecule has 0 unspecified atom stereocenters. The van der Waals surface area contributed by atoms with Crippen molar-refractivity contribution in [2.45, 2.75) is 4.90 Å². The van der Waals surface area contributed by atoms with Crippen molar-refractivity contribution in [3.05, 3.63) is 78.9 Å². The molecule has 0 heterocycles. The van der Waals surface area contributed by atoms with Crippen LogP contribution in [0.3, 0.4) is 0 Å². The number of rotatable bonds is 4. The Hall–Kier alpha value is -3.05. The van der Waals surface area contributed by atoms with Gasteiger partial charge in [-0.1, -0.05) is 30.3 Å². The van der Waals surface area contributed by atoms with Crippen LogP contribution in [0.15, 0.2) is 83.8 Å². The first-order valence-corrected chi connectivity index (χ1v) is 9.63. The molecule has 4 aromatic carbocycles. The van der Waals surface area contributed by atoms with Crippen molar-refractivity contribution in [2.24, 2.45) is 0 Å². The van der Waals surface area contributed by atoms with E-state index >= 15 is 0 Å². The molecule has 4 nitrogen and oxygen atoms in total. The van der Waals surface area contributed by atoms with E-state index in [-0.39, 0.29) is 4.90 Å². The van der Waals surface area contributed by atoms with E-state index in [2.05, 4.69) is 22.9 Å². The van der Waals surface area contributed by atoms with E-state index in [1.54, 1.807) is 25.3 Å². The molecule has 130 valence electrons. The van der Waals surface area contributed by atoms with Gasteiger partial charge >= 0.3 is 0 Å². The Morgan fingerprint density at radius 3 is 2.00 bits per heavy atom. The van der Waals surface area contributed by atoms with Crippen molar-refractivity contribution < 1.29 is 13.2 Å². The Kier molecular flexibility index (Phi) is 4.01. The van der Waals surface area contributed by atoms with Gasteiger partial charge in [-0.15, -0.1) is 0 Å². The molecule has 0 atom stereocenters. The predicted octanol–water partition coefficient (Wildman–Crippen LogP) is 4.80. The molecule has 0 bridgehead atoms. The lowest BCUT2D eigenvalue weighted by Gasteiger charge is -2.10. The van der Waals surface area contributed by atoms with Crippen LogP contribution < -0.4 is 9.46 Å². The molecule has 0 spiro atoms. The maximum atomic E-state index is 12.6. The van der Waals surface area contributed by atoms with Crippen molar-refractivity contribution >= 4 is 37.3 Å². The largest absolute Gasteiger partial charge is 0.497 e. The van der Waals surface area contributed by atoms with Gasteiger partial charge in [0.2, 0.25) is 0 Å². The summed E-state index contributed by atoms with van der Waals surface area (Å²) < 4.78 is 32.9. The third-order valence-electron chi connectivity index (χ3n) is 4.33. The molecule has 1 N–H and O–H groups in total. The van der Waals surface area contributed by atoms with Crippen LogP contribution in [0, 0.1) is 0 Å². The van der Waals surface area contributed by atoms with Gasteiger partial charge in [0.1, 0.15) is 5.75 Å². The van der Waals surface area contributed by atoms with Crippen molar-refractivity contribution in [3.8, 4) is 5.75 Å². The highest BCUT2D eigenvalue weighted by Crippen LogP contribution is 2.26. The van der Waals surface area contributed by atoms with Crippen molar-refractivity contribution in [1.82, 2.24) is 0 Å². The van der Waals surface area contributed by atoms with Gasteiger partial charge in [0, 0.05) is 5.69 Å². The molecule has 4 rings (SSSR count). The van der Waals surface area contributed by atoms with Crippen LogP contribution in [-0.2, 0) is 10.0 Å². The lowest BCUT2D eigenvalue weighted by Crippen LogP contribution is -2.12. The number of anilines is 1. The first-order chi connectivity index (χ1) is 12.5. The van der Waals surface area contributed by atoms with Gasteiger partial charge in [-0.25, -0.2) is 8.42 Å². The maximum Gasteiger partial charge on any atom is 0.261 e. The zero-order valence-electron chi connectivity index (χ0n) is 14.1. The first kappa shape index (κ1) is 16.4. The Balaban J connectivity index is 1.70. The highest BCUT2D eigenvalue weighted by Gasteiger charge is 2.14. The summed E-state index contributed by atoms with van der Waals surface area (Å²) in [6.45, 7) is 0. The second-order valence-electron chi connectivity index (χ2n) is 6.04. The van der Waals surface area contributed by atoms with Crippen molar-refractivity contribution in [3.63, 3.8) is 0 Å². The van der Waals surface area contributed by atoms with Gasteiger partial charge in [0.15, 0.2) is 0 Å². The molecular formula is C21H17NO3S.